The van der Waals surface area contributed by atoms with Gasteiger partial charge in [0.25, 0.3) is 5.91 Å². The Labute approximate surface area is 141 Å². The van der Waals surface area contributed by atoms with Crippen molar-refractivity contribution in [3.05, 3.63) is 24.2 Å². The Kier molecular flexibility index (Phi) is 5.64. The van der Waals surface area contributed by atoms with Crippen LogP contribution in [-0.2, 0) is 15.1 Å². The molecule has 1 saturated heterocycles. The minimum Gasteiger partial charge on any atom is -0.466 e. The first kappa shape index (κ1) is 18.0. The lowest BCUT2D eigenvalue weighted by Gasteiger charge is -2.19. The summed E-state index contributed by atoms with van der Waals surface area (Å²) < 4.78 is 5.25. The van der Waals surface area contributed by atoms with Crippen molar-refractivity contribution in [2.45, 2.75) is 58.0 Å². The highest BCUT2D eigenvalue weighted by Crippen LogP contribution is 2.28. The fourth-order valence-electron chi connectivity index (χ4n) is 2.81. The Bertz CT molecular complexity index is 599. The molecule has 2 unspecified atom stereocenters. The van der Waals surface area contributed by atoms with Gasteiger partial charge < -0.3 is 15.1 Å². The van der Waals surface area contributed by atoms with Crippen LogP contribution in [0.3, 0.4) is 0 Å². The van der Waals surface area contributed by atoms with Gasteiger partial charge >= 0.3 is 6.03 Å². The van der Waals surface area contributed by atoms with E-state index in [4.69, 9.17) is 4.42 Å². The summed E-state index contributed by atoms with van der Waals surface area (Å²) in [6, 6.07) is 2.69. The van der Waals surface area contributed by atoms with Crippen LogP contribution in [0.2, 0.25) is 0 Å². The van der Waals surface area contributed by atoms with E-state index < -0.39 is 17.5 Å². The van der Waals surface area contributed by atoms with E-state index in [-0.39, 0.29) is 18.5 Å². The molecule has 7 heteroatoms. The summed E-state index contributed by atoms with van der Waals surface area (Å²) in [5.41, 5.74) is -1.27. The number of amides is 4. The highest BCUT2D eigenvalue weighted by atomic mass is 16.3. The Hall–Kier alpha value is -2.31. The monoisotopic (exact) mass is 335 g/mol. The van der Waals surface area contributed by atoms with Gasteiger partial charge in [-0.15, -0.1) is 0 Å². The molecule has 24 heavy (non-hydrogen) atoms. The number of carbonyl (C=O) groups excluding carboxylic acids is 3. The molecule has 7 nitrogen and oxygen atoms in total. The van der Waals surface area contributed by atoms with Gasteiger partial charge in [-0.25, -0.2) is 4.79 Å². The summed E-state index contributed by atoms with van der Waals surface area (Å²) in [6.45, 7) is 5.32. The van der Waals surface area contributed by atoms with Crippen LogP contribution >= 0.6 is 0 Å². The van der Waals surface area contributed by atoms with Crippen molar-refractivity contribution < 1.29 is 18.8 Å². The summed E-state index contributed by atoms with van der Waals surface area (Å²) in [4.78, 5) is 37.7. The molecule has 1 aliphatic rings. The molecule has 0 spiro atoms. The highest BCUT2D eigenvalue weighted by Gasteiger charge is 2.51. The van der Waals surface area contributed by atoms with E-state index in [1.807, 2.05) is 6.92 Å². The largest absolute Gasteiger partial charge is 0.466 e. The maximum absolute atomic E-state index is 12.6. The number of nitrogens with zero attached hydrogens (tertiary/aromatic N) is 1. The van der Waals surface area contributed by atoms with E-state index in [1.165, 1.54) is 6.26 Å². The van der Waals surface area contributed by atoms with Crippen molar-refractivity contribution in [2.24, 2.45) is 0 Å². The van der Waals surface area contributed by atoms with E-state index >= 15 is 0 Å². The number of carbonyl (C=O) groups is 3. The van der Waals surface area contributed by atoms with Gasteiger partial charge in [0, 0.05) is 6.04 Å². The summed E-state index contributed by atoms with van der Waals surface area (Å²) in [5, 5.41) is 5.43. The molecule has 4 amide bonds. The van der Waals surface area contributed by atoms with Crippen LogP contribution in [0.4, 0.5) is 4.79 Å². The first-order valence-electron chi connectivity index (χ1n) is 8.36. The first-order chi connectivity index (χ1) is 11.4. The van der Waals surface area contributed by atoms with Crippen molar-refractivity contribution in [3.8, 4) is 0 Å². The predicted octanol–water partition coefficient (Wildman–Crippen LogP) is 2.13. The average molecular weight is 335 g/mol. The number of rotatable bonds is 8. The maximum Gasteiger partial charge on any atom is 0.325 e. The normalized spacial score (nSPS) is 21.7. The standard InChI is InChI=1S/C17H25N3O4/c1-4-5-6-8-12(2)18-14(21)11-20-15(22)17(3,19-16(20)23)13-9-7-10-24-13/h7,9-10,12H,4-6,8,11H2,1-3H3,(H,18,21)(H,19,23). The molecule has 1 aliphatic heterocycles. The second kappa shape index (κ2) is 7.51. The van der Waals surface area contributed by atoms with Gasteiger partial charge in [-0.1, -0.05) is 26.2 Å². The molecule has 1 fully saturated rings. The quantitative estimate of drug-likeness (QED) is 0.562. The number of urea groups is 1. The number of unbranched alkanes of at least 4 members (excludes halogenated alkanes) is 2. The fraction of sp³-hybridized carbons (Fsp3) is 0.588. The van der Waals surface area contributed by atoms with Crippen molar-refractivity contribution in [1.29, 1.82) is 0 Å². The van der Waals surface area contributed by atoms with Gasteiger partial charge in [-0.3, -0.25) is 14.5 Å². The molecule has 0 bridgehead atoms. The van der Waals surface area contributed by atoms with Crippen LogP contribution in [0.15, 0.2) is 22.8 Å². The number of nitrogens with one attached hydrogen (secondary N) is 2. The third-order valence-electron chi connectivity index (χ3n) is 4.24. The summed E-state index contributed by atoms with van der Waals surface area (Å²) in [5.74, 6) is -0.487. The Morgan fingerprint density at radius 3 is 2.79 bits per heavy atom. The van der Waals surface area contributed by atoms with Gasteiger partial charge in [0.15, 0.2) is 5.54 Å². The molecule has 0 saturated carbocycles. The van der Waals surface area contributed by atoms with Gasteiger partial charge in [0.05, 0.1) is 6.26 Å². The van der Waals surface area contributed by atoms with E-state index in [2.05, 4.69) is 17.6 Å². The molecule has 0 aromatic carbocycles. The van der Waals surface area contributed by atoms with Crippen LogP contribution in [0, 0.1) is 0 Å². The zero-order valence-corrected chi connectivity index (χ0v) is 14.4. The number of hydrogen-bond donors (Lipinski definition) is 2. The van der Waals surface area contributed by atoms with Crippen molar-refractivity contribution in [2.75, 3.05) is 6.54 Å². The topological polar surface area (TPSA) is 91.7 Å². The molecule has 2 rings (SSSR count). The Morgan fingerprint density at radius 2 is 2.17 bits per heavy atom. The smallest absolute Gasteiger partial charge is 0.325 e. The van der Waals surface area contributed by atoms with E-state index in [1.54, 1.807) is 19.1 Å². The summed E-state index contributed by atoms with van der Waals surface area (Å²) >= 11 is 0. The molecule has 0 radical (unpaired) electrons. The second-order valence-electron chi connectivity index (χ2n) is 6.39. The fourth-order valence-corrected chi connectivity index (χ4v) is 2.81. The minimum atomic E-state index is -1.27. The molecule has 132 valence electrons. The van der Waals surface area contributed by atoms with Crippen LogP contribution in [0.1, 0.15) is 52.2 Å². The molecular weight excluding hydrogens is 310 g/mol. The third-order valence-corrected chi connectivity index (χ3v) is 4.24. The van der Waals surface area contributed by atoms with Crippen LogP contribution in [-0.4, -0.2) is 35.3 Å². The van der Waals surface area contributed by atoms with Gasteiger partial charge in [-0.2, -0.15) is 0 Å². The number of hydrogen-bond acceptors (Lipinski definition) is 4. The maximum atomic E-state index is 12.6. The SMILES string of the molecule is CCCCCC(C)NC(=O)CN1C(=O)NC(C)(c2ccco2)C1=O. The second-order valence-corrected chi connectivity index (χ2v) is 6.39. The molecule has 1 aromatic heterocycles. The lowest BCUT2D eigenvalue weighted by atomic mass is 9.99. The zero-order chi connectivity index (χ0) is 17.7. The molecule has 1 aromatic rings. The third kappa shape index (κ3) is 3.77. The number of furan rings is 1. The van der Waals surface area contributed by atoms with Gasteiger partial charge in [-0.05, 0) is 32.4 Å². The Balaban J connectivity index is 1.94. The average Bonchev–Trinajstić information content (AvgIpc) is 3.12. The number of imide groups is 1. The van der Waals surface area contributed by atoms with E-state index in [9.17, 15) is 14.4 Å². The van der Waals surface area contributed by atoms with Crippen LogP contribution in [0.25, 0.3) is 0 Å². The predicted molar refractivity (Wildman–Crippen MR) is 88.1 cm³/mol. The molecule has 0 aliphatic carbocycles. The molecule has 2 heterocycles. The van der Waals surface area contributed by atoms with Gasteiger partial charge in [0.2, 0.25) is 5.91 Å². The highest BCUT2D eigenvalue weighted by molar-refractivity contribution is 6.08. The van der Waals surface area contributed by atoms with Crippen LogP contribution in [0.5, 0.6) is 0 Å². The van der Waals surface area contributed by atoms with Crippen molar-refractivity contribution in [1.82, 2.24) is 15.5 Å². The lowest BCUT2D eigenvalue weighted by Crippen LogP contribution is -2.44. The Morgan fingerprint density at radius 1 is 1.42 bits per heavy atom. The summed E-state index contributed by atoms with van der Waals surface area (Å²) in [6.07, 6.45) is 5.60. The molecule has 2 atom stereocenters. The van der Waals surface area contributed by atoms with Crippen molar-refractivity contribution >= 4 is 17.8 Å². The van der Waals surface area contributed by atoms with Crippen LogP contribution < -0.4 is 10.6 Å². The van der Waals surface area contributed by atoms with Gasteiger partial charge in [0.1, 0.15) is 12.3 Å². The minimum absolute atomic E-state index is 0.0151. The van der Waals surface area contributed by atoms with E-state index in [0.717, 1.165) is 30.6 Å². The summed E-state index contributed by atoms with van der Waals surface area (Å²) in [7, 11) is 0. The van der Waals surface area contributed by atoms with E-state index in [0.29, 0.717) is 5.76 Å². The molecule has 2 N–H and O–H groups in total. The lowest BCUT2D eigenvalue weighted by molar-refractivity contribution is -0.135. The first-order valence-corrected chi connectivity index (χ1v) is 8.36. The van der Waals surface area contributed by atoms with Crippen molar-refractivity contribution in [3.63, 3.8) is 0 Å². The zero-order valence-electron chi connectivity index (χ0n) is 14.4. The molecular formula is C17H25N3O4.